The number of rotatable bonds is 0. The Morgan fingerprint density at radius 3 is 1.00 bits per heavy atom. The molecule has 9 heteroatoms. The normalized spacial score (nSPS) is 11.7. The van der Waals surface area contributed by atoms with Gasteiger partial charge in [0.05, 0.1) is 0 Å². The molecule has 0 radical (unpaired) electrons. The predicted molar refractivity (Wildman–Crippen MR) is 141 cm³/mol. The molecule has 4 aromatic heterocycles. The average Bonchev–Trinajstić information content (AvgIpc) is 2.89. The summed E-state index contributed by atoms with van der Waals surface area (Å²) in [6.45, 7) is 0. The lowest BCUT2D eigenvalue weighted by molar-refractivity contribution is 0.637. The monoisotopic (exact) mass is 474 g/mol. The van der Waals surface area contributed by atoms with E-state index in [1.807, 2.05) is 18.2 Å². The highest BCUT2D eigenvalue weighted by Crippen LogP contribution is 2.30. The quantitative estimate of drug-likeness (QED) is 0.224. The lowest BCUT2D eigenvalue weighted by atomic mass is 10.2. The van der Waals surface area contributed by atoms with Gasteiger partial charge in [0.2, 0.25) is 17.1 Å². The number of hydrogen-bond donors (Lipinski definition) is 3. The van der Waals surface area contributed by atoms with E-state index in [-0.39, 0.29) is 0 Å². The highest BCUT2D eigenvalue weighted by molar-refractivity contribution is 6.03. The molecule has 7 rings (SSSR count). The molecule has 0 saturated heterocycles. The lowest BCUT2D eigenvalue weighted by Crippen LogP contribution is -1.90. The van der Waals surface area contributed by atoms with Gasteiger partial charge in [0.1, 0.15) is 16.6 Å². The third-order valence-corrected chi connectivity index (χ3v) is 6.13. The third-order valence-electron chi connectivity index (χ3n) is 6.13. The van der Waals surface area contributed by atoms with Gasteiger partial charge < -0.3 is 30.5 Å². The van der Waals surface area contributed by atoms with E-state index in [0.717, 1.165) is 16.2 Å². The van der Waals surface area contributed by atoms with Crippen LogP contribution in [0.4, 0.5) is 17.1 Å². The predicted octanol–water partition coefficient (Wildman–Crippen LogP) is 6.00. The maximum atomic E-state index is 6.22. The average molecular weight is 474 g/mol. The van der Waals surface area contributed by atoms with Crippen LogP contribution in [0.25, 0.3) is 66.6 Å². The van der Waals surface area contributed by atoms with Gasteiger partial charge in [0.25, 0.3) is 0 Å². The number of hydrogen-bond acceptors (Lipinski definition) is 9. The molecule has 174 valence electrons. The highest BCUT2D eigenvalue weighted by Gasteiger charge is 2.10. The number of nitrogens with zero attached hydrogens (tertiary/aromatic N) is 3. The third kappa shape index (κ3) is 3.07. The van der Waals surface area contributed by atoms with Crippen molar-refractivity contribution in [1.82, 2.24) is 15.0 Å². The van der Waals surface area contributed by atoms with Crippen molar-refractivity contribution in [1.29, 1.82) is 0 Å². The van der Waals surface area contributed by atoms with Gasteiger partial charge in [-0.25, -0.2) is 15.0 Å². The Hall–Kier alpha value is -5.31. The summed E-state index contributed by atoms with van der Waals surface area (Å²) in [6.07, 6.45) is 0. The summed E-state index contributed by atoms with van der Waals surface area (Å²) in [7, 11) is 0. The summed E-state index contributed by atoms with van der Waals surface area (Å²) >= 11 is 0. The Morgan fingerprint density at radius 2 is 0.694 bits per heavy atom. The molecule has 0 amide bonds. The molecule has 36 heavy (non-hydrogen) atoms. The minimum atomic E-state index is 0.339. The standard InChI is InChI=1S/C27H18N6O3/c28-16-4-7-19-25-13(16)1-10-22(31-25)34-20-8-5-17(29)14-3-12-24(33-26(14)20)36-21-9-6-18(30)15-2-11-23(35-19)32-27(15)21/h1-12H,28-30H2. The zero-order chi connectivity index (χ0) is 24.4. The summed E-state index contributed by atoms with van der Waals surface area (Å²) in [5, 5.41) is 2.17. The van der Waals surface area contributed by atoms with Gasteiger partial charge in [0, 0.05) is 51.4 Å². The molecule has 6 N–H and O–H groups in total. The minimum absolute atomic E-state index is 0.339. The topological polar surface area (TPSA) is 156 Å². The Morgan fingerprint density at radius 1 is 0.389 bits per heavy atom. The fourth-order valence-corrected chi connectivity index (χ4v) is 4.34. The van der Waals surface area contributed by atoms with Crippen molar-refractivity contribution in [2.75, 3.05) is 17.2 Å². The first kappa shape index (κ1) is 20.1. The first-order valence-electron chi connectivity index (χ1n) is 11.1. The molecule has 0 unspecified atom stereocenters. The van der Waals surface area contributed by atoms with Crippen LogP contribution in [0.1, 0.15) is 0 Å². The van der Waals surface area contributed by atoms with E-state index in [9.17, 15) is 0 Å². The molecule has 0 saturated carbocycles. The number of aromatic nitrogens is 3. The van der Waals surface area contributed by atoms with Gasteiger partial charge in [-0.1, -0.05) is 0 Å². The molecule has 0 fully saturated rings. The van der Waals surface area contributed by atoms with Crippen LogP contribution < -0.4 is 17.2 Å². The second-order valence-electron chi connectivity index (χ2n) is 8.40. The van der Waals surface area contributed by atoms with E-state index in [2.05, 4.69) is 0 Å². The maximum Gasteiger partial charge on any atom is 0.220 e. The first-order valence-corrected chi connectivity index (χ1v) is 11.1. The largest absolute Gasteiger partial charge is 0.437 e. The molecule has 3 aromatic carbocycles. The number of nitrogens with two attached hydrogens (primary N) is 3. The number of pyridine rings is 3. The second kappa shape index (κ2) is 7.34. The number of nitrogen functional groups attached to an aromatic ring is 3. The van der Waals surface area contributed by atoms with Crippen LogP contribution in [0.15, 0.2) is 86.0 Å². The van der Waals surface area contributed by atoms with Crippen molar-refractivity contribution < 1.29 is 13.3 Å². The van der Waals surface area contributed by atoms with Gasteiger partial charge in [-0.2, -0.15) is 0 Å². The van der Waals surface area contributed by atoms with Crippen LogP contribution in [0, 0.1) is 0 Å². The zero-order valence-electron chi connectivity index (χ0n) is 18.7. The van der Waals surface area contributed by atoms with Gasteiger partial charge in [0.15, 0.2) is 16.7 Å². The molecule has 0 spiro atoms. The van der Waals surface area contributed by atoms with Gasteiger partial charge in [-0.15, -0.1) is 0 Å². The zero-order valence-corrected chi connectivity index (χ0v) is 18.7. The van der Waals surface area contributed by atoms with Crippen LogP contribution in [0.2, 0.25) is 0 Å². The first-order chi connectivity index (χ1) is 17.5. The van der Waals surface area contributed by atoms with E-state index in [1.165, 1.54) is 0 Å². The van der Waals surface area contributed by atoms with Gasteiger partial charge in [-0.05, 0) is 54.6 Å². The molecule has 6 bridgehead atoms. The lowest BCUT2D eigenvalue weighted by Gasteiger charge is -2.03. The van der Waals surface area contributed by atoms with E-state index in [4.69, 9.17) is 45.4 Å². The van der Waals surface area contributed by atoms with Crippen molar-refractivity contribution >= 4 is 83.7 Å². The van der Waals surface area contributed by atoms with Crippen molar-refractivity contribution in [3.63, 3.8) is 0 Å². The van der Waals surface area contributed by atoms with Crippen LogP contribution >= 0.6 is 0 Å². The SMILES string of the molecule is Nc1ccc2oc3ccc4c(N)ccc(oc5ccc6c(N)ccc(oc7ccc1c2n7)c6n5)c4n3. The van der Waals surface area contributed by atoms with E-state index in [1.54, 1.807) is 54.6 Å². The van der Waals surface area contributed by atoms with Gasteiger partial charge in [-0.3, -0.25) is 0 Å². The van der Waals surface area contributed by atoms with Crippen LogP contribution in [-0.4, -0.2) is 15.0 Å². The van der Waals surface area contributed by atoms with E-state index >= 15 is 0 Å². The molecule has 0 aliphatic rings. The molecule has 7 aromatic rings. The van der Waals surface area contributed by atoms with Crippen molar-refractivity contribution in [3.8, 4) is 0 Å². The minimum Gasteiger partial charge on any atom is -0.437 e. The summed E-state index contributed by atoms with van der Waals surface area (Å²) in [5.74, 6) is 0. The van der Waals surface area contributed by atoms with Crippen LogP contribution in [0.5, 0.6) is 0 Å². The summed E-state index contributed by atoms with van der Waals surface area (Å²) in [6, 6.07) is 21.3. The summed E-state index contributed by atoms with van der Waals surface area (Å²) in [5.41, 5.74) is 24.4. The van der Waals surface area contributed by atoms with E-state index in [0.29, 0.717) is 67.5 Å². The fourth-order valence-electron chi connectivity index (χ4n) is 4.34. The Bertz CT molecular complexity index is 1860. The Labute approximate surface area is 202 Å². The molecule has 4 heterocycles. The summed E-state index contributed by atoms with van der Waals surface area (Å²) in [4.78, 5) is 14.1. The molecule has 0 atom stereocenters. The molecular formula is C27H18N6O3. The van der Waals surface area contributed by atoms with E-state index < -0.39 is 0 Å². The van der Waals surface area contributed by atoms with Crippen molar-refractivity contribution in [2.24, 2.45) is 0 Å². The molecule has 0 aliphatic carbocycles. The number of anilines is 3. The molecule has 0 aliphatic heterocycles. The van der Waals surface area contributed by atoms with Crippen LogP contribution in [-0.2, 0) is 0 Å². The smallest absolute Gasteiger partial charge is 0.220 e. The Kier molecular flexibility index (Phi) is 4.10. The van der Waals surface area contributed by atoms with Crippen molar-refractivity contribution in [3.05, 3.63) is 72.8 Å². The van der Waals surface area contributed by atoms with Gasteiger partial charge >= 0.3 is 0 Å². The molecule has 9 nitrogen and oxygen atoms in total. The molecular weight excluding hydrogens is 456 g/mol. The van der Waals surface area contributed by atoms with Crippen LogP contribution in [0.3, 0.4) is 0 Å². The number of fused-ring (bicyclic) bond motifs is 3. The fraction of sp³-hybridized carbons (Fsp3) is 0. The summed E-state index contributed by atoms with van der Waals surface area (Å²) < 4.78 is 18.5. The Balaban J connectivity index is 1.77. The highest BCUT2D eigenvalue weighted by atomic mass is 16.3. The second-order valence-corrected chi connectivity index (χ2v) is 8.40. The number of benzene rings is 3. The maximum absolute atomic E-state index is 6.22. The van der Waals surface area contributed by atoms with Crippen molar-refractivity contribution in [2.45, 2.75) is 0 Å².